The second-order valence-corrected chi connectivity index (χ2v) is 5.28. The molecule has 0 bridgehead atoms. The van der Waals surface area contributed by atoms with Crippen LogP contribution < -0.4 is 4.74 Å². The molecule has 0 saturated carbocycles. The first kappa shape index (κ1) is 13.6. The first-order chi connectivity index (χ1) is 10.3. The largest absolute Gasteiger partial charge is 0.496 e. The first-order valence-corrected chi connectivity index (χ1v) is 7.25. The lowest BCUT2D eigenvalue weighted by molar-refractivity contribution is 0.104. The summed E-state index contributed by atoms with van der Waals surface area (Å²) in [4.78, 5) is 12.3. The number of carbonyl (C=O) groups excluding carboxylic acids is 1. The molecule has 0 heterocycles. The molecule has 0 fully saturated rings. The highest BCUT2D eigenvalue weighted by Crippen LogP contribution is 2.23. The third-order valence-corrected chi connectivity index (χ3v) is 3.94. The van der Waals surface area contributed by atoms with Gasteiger partial charge in [-0.05, 0) is 54.7 Å². The van der Waals surface area contributed by atoms with E-state index in [0.717, 1.165) is 29.7 Å². The van der Waals surface area contributed by atoms with E-state index in [0.29, 0.717) is 0 Å². The van der Waals surface area contributed by atoms with E-state index in [1.165, 1.54) is 17.5 Å². The second-order valence-electron chi connectivity index (χ2n) is 5.28. The molecule has 2 aromatic rings. The van der Waals surface area contributed by atoms with Gasteiger partial charge in [0.15, 0.2) is 5.78 Å². The second kappa shape index (κ2) is 5.96. The van der Waals surface area contributed by atoms with Crippen LogP contribution in [-0.4, -0.2) is 12.9 Å². The van der Waals surface area contributed by atoms with Gasteiger partial charge in [0.2, 0.25) is 0 Å². The number of hydrogen-bond acceptors (Lipinski definition) is 2. The number of hydrogen-bond donors (Lipinski definition) is 0. The third kappa shape index (κ3) is 2.89. The highest BCUT2D eigenvalue weighted by molar-refractivity contribution is 6.07. The Labute approximate surface area is 125 Å². The van der Waals surface area contributed by atoms with Crippen molar-refractivity contribution < 1.29 is 9.53 Å². The van der Waals surface area contributed by atoms with E-state index in [9.17, 15) is 4.79 Å². The van der Waals surface area contributed by atoms with Crippen LogP contribution in [0.5, 0.6) is 5.75 Å². The van der Waals surface area contributed by atoms with Gasteiger partial charge in [-0.3, -0.25) is 4.79 Å². The van der Waals surface area contributed by atoms with Gasteiger partial charge in [-0.25, -0.2) is 0 Å². The molecule has 106 valence electrons. The molecule has 0 saturated heterocycles. The number of aryl methyl sites for hydroxylation is 2. The molecular formula is C19H18O2. The number of fused-ring (bicyclic) bond motifs is 1. The lowest BCUT2D eigenvalue weighted by Crippen LogP contribution is -1.96. The number of ketones is 1. The van der Waals surface area contributed by atoms with Gasteiger partial charge in [-0.2, -0.15) is 0 Å². The molecule has 2 aromatic carbocycles. The Balaban J connectivity index is 1.81. The van der Waals surface area contributed by atoms with Crippen molar-refractivity contribution in [2.75, 3.05) is 7.11 Å². The Morgan fingerprint density at radius 2 is 1.90 bits per heavy atom. The molecule has 1 aliphatic rings. The Bertz CT molecular complexity index is 698. The van der Waals surface area contributed by atoms with Crippen molar-refractivity contribution in [2.45, 2.75) is 19.3 Å². The molecule has 21 heavy (non-hydrogen) atoms. The van der Waals surface area contributed by atoms with Crippen LogP contribution in [0.3, 0.4) is 0 Å². The topological polar surface area (TPSA) is 26.3 Å². The number of allylic oxidation sites excluding steroid dienone is 1. The van der Waals surface area contributed by atoms with E-state index in [4.69, 9.17) is 4.74 Å². The molecule has 3 rings (SSSR count). The molecule has 0 unspecified atom stereocenters. The van der Waals surface area contributed by atoms with Gasteiger partial charge in [0.25, 0.3) is 0 Å². The third-order valence-electron chi connectivity index (χ3n) is 3.94. The van der Waals surface area contributed by atoms with Crippen LogP contribution in [0.15, 0.2) is 48.5 Å². The standard InChI is InChI=1S/C19H18O2/c1-21-19-8-3-2-5-15(19)11-12-18(20)17-10-9-14-6-4-7-16(14)13-17/h2-3,5,8-13H,4,6-7H2,1H3/b12-11+. The molecule has 2 nitrogen and oxygen atoms in total. The molecule has 0 atom stereocenters. The molecule has 0 aromatic heterocycles. The Kier molecular flexibility index (Phi) is 3.87. The number of benzene rings is 2. The van der Waals surface area contributed by atoms with Crippen LogP contribution in [0.2, 0.25) is 0 Å². The van der Waals surface area contributed by atoms with Gasteiger partial charge < -0.3 is 4.74 Å². The molecule has 0 spiro atoms. The molecule has 0 radical (unpaired) electrons. The van der Waals surface area contributed by atoms with E-state index in [2.05, 4.69) is 6.07 Å². The van der Waals surface area contributed by atoms with Gasteiger partial charge in [0.05, 0.1) is 7.11 Å². The minimum Gasteiger partial charge on any atom is -0.496 e. The van der Waals surface area contributed by atoms with Crippen molar-refractivity contribution in [2.24, 2.45) is 0 Å². The summed E-state index contributed by atoms with van der Waals surface area (Å²) < 4.78 is 5.28. The van der Waals surface area contributed by atoms with E-state index in [-0.39, 0.29) is 5.78 Å². The van der Waals surface area contributed by atoms with E-state index >= 15 is 0 Å². The SMILES string of the molecule is COc1ccccc1/C=C/C(=O)c1ccc2c(c1)CCC2. The zero-order valence-electron chi connectivity index (χ0n) is 12.1. The van der Waals surface area contributed by atoms with Crippen LogP contribution in [0.4, 0.5) is 0 Å². The first-order valence-electron chi connectivity index (χ1n) is 7.25. The lowest BCUT2D eigenvalue weighted by Gasteiger charge is -2.04. The van der Waals surface area contributed by atoms with Crippen molar-refractivity contribution in [3.05, 3.63) is 70.8 Å². The van der Waals surface area contributed by atoms with Crippen molar-refractivity contribution in [3.8, 4) is 5.75 Å². The Morgan fingerprint density at radius 3 is 2.76 bits per heavy atom. The molecule has 1 aliphatic carbocycles. The van der Waals surface area contributed by atoms with Gasteiger partial charge in [0, 0.05) is 11.1 Å². The van der Waals surface area contributed by atoms with E-state index in [1.807, 2.05) is 42.5 Å². The van der Waals surface area contributed by atoms with Gasteiger partial charge in [-0.15, -0.1) is 0 Å². The molecule has 2 heteroatoms. The smallest absolute Gasteiger partial charge is 0.185 e. The van der Waals surface area contributed by atoms with Crippen molar-refractivity contribution >= 4 is 11.9 Å². The summed E-state index contributed by atoms with van der Waals surface area (Å²) in [6.07, 6.45) is 6.86. The summed E-state index contributed by atoms with van der Waals surface area (Å²) >= 11 is 0. The molecule has 0 amide bonds. The lowest BCUT2D eigenvalue weighted by atomic mass is 10.0. The fourth-order valence-corrected chi connectivity index (χ4v) is 2.79. The van der Waals surface area contributed by atoms with Crippen LogP contribution in [0.25, 0.3) is 6.08 Å². The number of carbonyl (C=O) groups is 1. The van der Waals surface area contributed by atoms with Crippen molar-refractivity contribution in [3.63, 3.8) is 0 Å². The maximum absolute atomic E-state index is 12.3. The quantitative estimate of drug-likeness (QED) is 0.622. The van der Waals surface area contributed by atoms with Gasteiger partial charge in [-0.1, -0.05) is 30.3 Å². The zero-order valence-corrected chi connectivity index (χ0v) is 12.1. The van der Waals surface area contributed by atoms with Gasteiger partial charge in [0.1, 0.15) is 5.75 Å². The average molecular weight is 278 g/mol. The molecule has 0 N–H and O–H groups in total. The highest BCUT2D eigenvalue weighted by atomic mass is 16.5. The predicted octanol–water partition coefficient (Wildman–Crippen LogP) is 4.08. The predicted molar refractivity (Wildman–Crippen MR) is 84.8 cm³/mol. The Hall–Kier alpha value is -2.35. The number of ether oxygens (including phenoxy) is 1. The Morgan fingerprint density at radius 1 is 1.10 bits per heavy atom. The molecular weight excluding hydrogens is 260 g/mol. The maximum atomic E-state index is 12.3. The molecule has 0 aliphatic heterocycles. The minimum atomic E-state index is 0.0376. The van der Waals surface area contributed by atoms with Crippen molar-refractivity contribution in [1.29, 1.82) is 0 Å². The monoisotopic (exact) mass is 278 g/mol. The van der Waals surface area contributed by atoms with E-state index in [1.54, 1.807) is 13.2 Å². The maximum Gasteiger partial charge on any atom is 0.185 e. The zero-order chi connectivity index (χ0) is 14.7. The van der Waals surface area contributed by atoms with Crippen LogP contribution in [0, 0.1) is 0 Å². The highest BCUT2D eigenvalue weighted by Gasteiger charge is 2.12. The van der Waals surface area contributed by atoms with Crippen LogP contribution in [0.1, 0.15) is 33.5 Å². The normalized spacial score (nSPS) is 13.4. The number of para-hydroxylation sites is 1. The summed E-state index contributed by atoms with van der Waals surface area (Å²) in [6.45, 7) is 0. The van der Waals surface area contributed by atoms with Crippen molar-refractivity contribution in [1.82, 2.24) is 0 Å². The number of methoxy groups -OCH3 is 1. The summed E-state index contributed by atoms with van der Waals surface area (Å²) in [5.41, 5.74) is 4.39. The summed E-state index contributed by atoms with van der Waals surface area (Å²) in [5, 5.41) is 0. The minimum absolute atomic E-state index is 0.0376. The summed E-state index contributed by atoms with van der Waals surface area (Å²) in [7, 11) is 1.63. The average Bonchev–Trinajstić information content (AvgIpc) is 3.00. The van der Waals surface area contributed by atoms with Crippen LogP contribution in [-0.2, 0) is 12.8 Å². The summed E-state index contributed by atoms with van der Waals surface area (Å²) in [6, 6.07) is 13.7. The fourth-order valence-electron chi connectivity index (χ4n) is 2.79. The van der Waals surface area contributed by atoms with Crippen LogP contribution >= 0.6 is 0 Å². The fraction of sp³-hybridized carbons (Fsp3) is 0.211. The van der Waals surface area contributed by atoms with E-state index < -0.39 is 0 Å². The summed E-state index contributed by atoms with van der Waals surface area (Å²) in [5.74, 6) is 0.811. The number of rotatable bonds is 4. The van der Waals surface area contributed by atoms with Gasteiger partial charge >= 0.3 is 0 Å².